The molecule has 0 radical (unpaired) electrons. The molecule has 0 unspecified atom stereocenters. The number of fused-ring (bicyclic) bond motifs is 1. The molecule has 3 heterocycles. The van der Waals surface area contributed by atoms with Gasteiger partial charge in [-0.1, -0.05) is 30.3 Å². The molecule has 1 aromatic heterocycles. The summed E-state index contributed by atoms with van der Waals surface area (Å²) >= 11 is 1.25. The second-order valence-electron chi connectivity index (χ2n) is 6.50. The second kappa shape index (κ2) is 7.23. The van der Waals surface area contributed by atoms with E-state index in [0.717, 1.165) is 5.56 Å². The topological polar surface area (TPSA) is 82.0 Å². The van der Waals surface area contributed by atoms with E-state index in [1.165, 1.54) is 35.0 Å². The molecule has 0 saturated heterocycles. The third kappa shape index (κ3) is 3.27. The molecule has 0 spiro atoms. The van der Waals surface area contributed by atoms with Crippen LogP contribution >= 0.6 is 11.8 Å². The summed E-state index contributed by atoms with van der Waals surface area (Å²) in [4.78, 5) is 16.6. The van der Waals surface area contributed by atoms with E-state index in [2.05, 4.69) is 10.1 Å². The Hall–Kier alpha value is -3.78. The van der Waals surface area contributed by atoms with E-state index in [0.29, 0.717) is 27.3 Å². The molecule has 30 heavy (non-hydrogen) atoms. The van der Waals surface area contributed by atoms with E-state index in [4.69, 9.17) is 9.83 Å². The van der Waals surface area contributed by atoms with E-state index in [9.17, 15) is 9.18 Å². The third-order valence-corrected chi connectivity index (χ3v) is 5.47. The molecule has 2 aliphatic heterocycles. The van der Waals surface area contributed by atoms with Crippen molar-refractivity contribution in [2.45, 2.75) is 0 Å². The summed E-state index contributed by atoms with van der Waals surface area (Å²) in [6.07, 6.45) is 1.47. The highest BCUT2D eigenvalue weighted by Crippen LogP contribution is 2.31. The normalized spacial score (nSPS) is 17.2. The minimum atomic E-state index is -0.525. The van der Waals surface area contributed by atoms with Crippen molar-refractivity contribution in [3.8, 4) is 11.3 Å². The van der Waals surface area contributed by atoms with Crippen LogP contribution in [0.1, 0.15) is 11.3 Å². The van der Waals surface area contributed by atoms with E-state index < -0.39 is 5.91 Å². The van der Waals surface area contributed by atoms with Crippen LogP contribution in [0, 0.1) is 11.2 Å². The summed E-state index contributed by atoms with van der Waals surface area (Å²) in [5.41, 5.74) is 1.68. The number of hydrazone groups is 1. The quantitative estimate of drug-likeness (QED) is 0.625. The Balaban J connectivity index is 1.44. The monoisotopic (exact) mass is 416 g/mol. The molecule has 0 saturated carbocycles. The Morgan fingerprint density at radius 1 is 1.00 bits per heavy atom. The minimum Gasteiger partial charge on any atom is -0.457 e. The molecule has 0 aliphatic carbocycles. The zero-order valence-corrected chi connectivity index (χ0v) is 16.2. The highest BCUT2D eigenvalue weighted by Gasteiger charge is 2.36. The number of carbonyl (C=O) groups excluding carboxylic acids is 1. The average Bonchev–Trinajstić information content (AvgIpc) is 3.40. The van der Waals surface area contributed by atoms with E-state index in [1.807, 2.05) is 30.3 Å². The molecule has 3 aromatic rings. The maximum Gasteiger partial charge on any atom is 0.283 e. The Bertz CT molecular complexity index is 1260. The Morgan fingerprint density at radius 2 is 1.77 bits per heavy atom. The smallest absolute Gasteiger partial charge is 0.283 e. The molecule has 0 fully saturated rings. The van der Waals surface area contributed by atoms with Crippen LogP contribution in [0.4, 0.5) is 4.39 Å². The summed E-state index contributed by atoms with van der Waals surface area (Å²) in [5.74, 6) is -0.00485. The van der Waals surface area contributed by atoms with Gasteiger partial charge in [-0.2, -0.15) is 15.1 Å². The van der Waals surface area contributed by atoms with E-state index in [-0.39, 0.29) is 17.2 Å². The molecule has 2 aromatic carbocycles. The number of carbonyl (C=O) groups is 1. The Labute approximate surface area is 174 Å². The van der Waals surface area contributed by atoms with Gasteiger partial charge in [0, 0.05) is 11.1 Å². The van der Waals surface area contributed by atoms with E-state index >= 15 is 0 Å². The highest BCUT2D eigenvalue weighted by atomic mass is 32.2. The van der Waals surface area contributed by atoms with Crippen LogP contribution in [0.2, 0.25) is 0 Å². The first-order valence-electron chi connectivity index (χ1n) is 9.00. The summed E-state index contributed by atoms with van der Waals surface area (Å²) in [6, 6.07) is 18.8. The van der Waals surface area contributed by atoms with Gasteiger partial charge < -0.3 is 4.42 Å². The molecular formula is C22H13FN4O2S. The number of aliphatic imine (C=N–C) groups is 1. The zero-order chi connectivity index (χ0) is 20.7. The summed E-state index contributed by atoms with van der Waals surface area (Å²) < 4.78 is 18.9. The molecule has 146 valence electrons. The predicted octanol–water partition coefficient (Wildman–Crippen LogP) is 4.75. The number of hydrogen-bond acceptors (Lipinski definition) is 5. The van der Waals surface area contributed by atoms with Gasteiger partial charge in [0.2, 0.25) is 5.17 Å². The van der Waals surface area contributed by atoms with Crippen LogP contribution in [-0.2, 0) is 4.79 Å². The van der Waals surface area contributed by atoms with Crippen molar-refractivity contribution in [3.63, 3.8) is 0 Å². The molecule has 0 atom stereocenters. The lowest BCUT2D eigenvalue weighted by molar-refractivity contribution is -0.114. The number of amidine groups is 2. The molecule has 2 aliphatic rings. The first kappa shape index (κ1) is 18.3. The standard InChI is InChI=1S/C22H13FN4O2S/c23-15-8-6-13(7-9-15)18-11-10-16(29-18)12-17-19(24)27-22(25-20(17)28)30-21(26-27)14-4-2-1-3-5-14/h1-12,24H/b17-12-,24-19?. The number of hydrogen-bond donors (Lipinski definition) is 1. The maximum atomic E-state index is 13.1. The van der Waals surface area contributed by atoms with Crippen LogP contribution in [-0.4, -0.2) is 27.0 Å². The average molecular weight is 416 g/mol. The van der Waals surface area contributed by atoms with Crippen molar-refractivity contribution >= 4 is 39.8 Å². The summed E-state index contributed by atoms with van der Waals surface area (Å²) in [6.45, 7) is 0. The lowest BCUT2D eigenvalue weighted by atomic mass is 10.1. The fourth-order valence-corrected chi connectivity index (χ4v) is 3.93. The van der Waals surface area contributed by atoms with Crippen molar-refractivity contribution in [3.05, 3.63) is 89.4 Å². The zero-order valence-electron chi connectivity index (χ0n) is 15.4. The minimum absolute atomic E-state index is 0.0665. The first-order chi connectivity index (χ1) is 14.6. The number of amides is 1. The van der Waals surface area contributed by atoms with Crippen LogP contribution in [0.25, 0.3) is 17.4 Å². The first-order valence-corrected chi connectivity index (χ1v) is 9.81. The molecular weight excluding hydrogens is 403 g/mol. The lowest BCUT2D eigenvalue weighted by Gasteiger charge is -2.19. The van der Waals surface area contributed by atoms with Crippen LogP contribution < -0.4 is 0 Å². The number of nitrogens with zero attached hydrogens (tertiary/aromatic N) is 3. The van der Waals surface area contributed by atoms with Crippen molar-refractivity contribution in [2.24, 2.45) is 10.1 Å². The van der Waals surface area contributed by atoms with Crippen LogP contribution in [0.3, 0.4) is 0 Å². The van der Waals surface area contributed by atoms with Gasteiger partial charge in [-0.25, -0.2) is 4.39 Å². The second-order valence-corrected chi connectivity index (χ2v) is 7.46. The number of nitrogens with one attached hydrogen (secondary N) is 1. The molecule has 0 bridgehead atoms. The molecule has 1 amide bonds. The number of halogens is 1. The van der Waals surface area contributed by atoms with E-state index in [1.54, 1.807) is 24.3 Å². The summed E-state index contributed by atoms with van der Waals surface area (Å²) in [5, 5.41) is 15.3. The maximum absolute atomic E-state index is 13.1. The fourth-order valence-electron chi connectivity index (χ4n) is 3.03. The van der Waals surface area contributed by atoms with Crippen molar-refractivity contribution in [2.75, 3.05) is 0 Å². The third-order valence-electron chi connectivity index (χ3n) is 4.52. The van der Waals surface area contributed by atoms with Gasteiger partial charge in [0.05, 0.1) is 5.57 Å². The lowest BCUT2D eigenvalue weighted by Crippen LogP contribution is -2.35. The van der Waals surface area contributed by atoms with Gasteiger partial charge in [0.15, 0.2) is 5.84 Å². The van der Waals surface area contributed by atoms with Gasteiger partial charge in [0.25, 0.3) is 5.91 Å². The van der Waals surface area contributed by atoms with Crippen LogP contribution in [0.15, 0.2) is 86.8 Å². The fraction of sp³-hybridized carbons (Fsp3) is 0. The Kier molecular flexibility index (Phi) is 4.40. The predicted molar refractivity (Wildman–Crippen MR) is 115 cm³/mol. The van der Waals surface area contributed by atoms with Gasteiger partial charge in [-0.15, -0.1) is 0 Å². The number of thioether (sulfide) groups is 1. The number of furan rings is 1. The van der Waals surface area contributed by atoms with Gasteiger partial charge >= 0.3 is 0 Å². The van der Waals surface area contributed by atoms with Gasteiger partial charge in [-0.3, -0.25) is 10.2 Å². The van der Waals surface area contributed by atoms with Crippen LogP contribution in [0.5, 0.6) is 0 Å². The molecule has 1 N–H and O–H groups in total. The van der Waals surface area contributed by atoms with Crippen molar-refractivity contribution in [1.29, 1.82) is 5.41 Å². The van der Waals surface area contributed by atoms with Gasteiger partial charge in [-0.05, 0) is 54.2 Å². The summed E-state index contributed by atoms with van der Waals surface area (Å²) in [7, 11) is 0. The molecule has 6 nitrogen and oxygen atoms in total. The van der Waals surface area contributed by atoms with Crippen molar-refractivity contribution < 1.29 is 13.6 Å². The SMILES string of the molecule is N=C1/C(=C/c2ccc(-c3ccc(F)cc3)o2)C(=O)N=C2SC(c3ccccc3)=NN12. The number of rotatable bonds is 3. The number of benzene rings is 2. The largest absolute Gasteiger partial charge is 0.457 e. The molecule has 5 rings (SSSR count). The van der Waals surface area contributed by atoms with Crippen molar-refractivity contribution in [1.82, 2.24) is 5.01 Å². The van der Waals surface area contributed by atoms with Gasteiger partial charge in [0.1, 0.15) is 22.4 Å². The molecule has 8 heteroatoms. The highest BCUT2D eigenvalue weighted by molar-refractivity contribution is 8.27. The Morgan fingerprint density at radius 3 is 2.53 bits per heavy atom.